The SMILES string of the molecule is CCCOCCNc1ccc(C#N)c(C#N)c1. The Hall–Kier alpha value is -2.04. The molecule has 1 N–H and O–H groups in total. The summed E-state index contributed by atoms with van der Waals surface area (Å²) in [6.45, 7) is 4.15. The molecule has 0 aromatic heterocycles. The summed E-state index contributed by atoms with van der Waals surface area (Å²) in [5.74, 6) is 0. The van der Waals surface area contributed by atoms with Gasteiger partial charge in [0.1, 0.15) is 12.1 Å². The summed E-state index contributed by atoms with van der Waals surface area (Å²) >= 11 is 0. The average molecular weight is 229 g/mol. The molecular weight excluding hydrogens is 214 g/mol. The summed E-state index contributed by atoms with van der Waals surface area (Å²) in [6.07, 6.45) is 1.01. The lowest BCUT2D eigenvalue weighted by atomic mass is 10.1. The van der Waals surface area contributed by atoms with Crippen molar-refractivity contribution in [1.82, 2.24) is 0 Å². The van der Waals surface area contributed by atoms with Crippen LogP contribution in [-0.4, -0.2) is 19.8 Å². The minimum absolute atomic E-state index is 0.395. The molecule has 0 saturated carbocycles. The van der Waals surface area contributed by atoms with Gasteiger partial charge in [-0.15, -0.1) is 0 Å². The van der Waals surface area contributed by atoms with E-state index < -0.39 is 0 Å². The van der Waals surface area contributed by atoms with Crippen molar-refractivity contribution in [1.29, 1.82) is 10.5 Å². The van der Waals surface area contributed by atoms with Crippen molar-refractivity contribution in [2.24, 2.45) is 0 Å². The number of hydrogen-bond donors (Lipinski definition) is 1. The number of rotatable bonds is 6. The zero-order valence-electron chi connectivity index (χ0n) is 9.86. The fourth-order valence-corrected chi connectivity index (χ4v) is 1.36. The third-order valence-corrected chi connectivity index (χ3v) is 2.18. The largest absolute Gasteiger partial charge is 0.383 e. The summed E-state index contributed by atoms with van der Waals surface area (Å²) < 4.78 is 5.33. The van der Waals surface area contributed by atoms with Crippen molar-refractivity contribution in [3.63, 3.8) is 0 Å². The summed E-state index contributed by atoms with van der Waals surface area (Å²) in [4.78, 5) is 0. The third-order valence-electron chi connectivity index (χ3n) is 2.18. The van der Waals surface area contributed by atoms with Crippen molar-refractivity contribution in [3.05, 3.63) is 29.3 Å². The molecular formula is C13H15N3O. The Balaban J connectivity index is 2.50. The second-order valence-electron chi connectivity index (χ2n) is 3.52. The zero-order valence-corrected chi connectivity index (χ0v) is 9.86. The molecule has 0 aliphatic carbocycles. The Bertz CT molecular complexity index is 443. The van der Waals surface area contributed by atoms with Gasteiger partial charge >= 0.3 is 0 Å². The molecule has 0 amide bonds. The van der Waals surface area contributed by atoms with Crippen LogP contribution >= 0.6 is 0 Å². The van der Waals surface area contributed by atoms with Gasteiger partial charge in [-0.2, -0.15) is 10.5 Å². The van der Waals surface area contributed by atoms with Crippen LogP contribution in [-0.2, 0) is 4.74 Å². The van der Waals surface area contributed by atoms with E-state index in [9.17, 15) is 0 Å². The maximum Gasteiger partial charge on any atom is 0.101 e. The van der Waals surface area contributed by atoms with Crippen LogP contribution in [0, 0.1) is 22.7 Å². The van der Waals surface area contributed by atoms with Gasteiger partial charge in [-0.25, -0.2) is 0 Å². The lowest BCUT2D eigenvalue weighted by molar-refractivity contribution is 0.144. The second-order valence-corrected chi connectivity index (χ2v) is 3.52. The first kappa shape index (κ1) is 13.0. The van der Waals surface area contributed by atoms with Crippen molar-refractivity contribution in [2.75, 3.05) is 25.1 Å². The summed E-state index contributed by atoms with van der Waals surface area (Å²) in [5, 5.41) is 20.8. The Kier molecular flexibility index (Phi) is 5.57. The highest BCUT2D eigenvalue weighted by atomic mass is 16.5. The van der Waals surface area contributed by atoms with E-state index in [1.54, 1.807) is 18.2 Å². The number of anilines is 1. The van der Waals surface area contributed by atoms with Crippen LogP contribution in [0.4, 0.5) is 5.69 Å². The summed E-state index contributed by atoms with van der Waals surface area (Å²) in [5.41, 5.74) is 1.63. The van der Waals surface area contributed by atoms with Crippen molar-refractivity contribution >= 4 is 5.69 Å². The first-order chi connectivity index (χ1) is 8.31. The lowest BCUT2D eigenvalue weighted by Crippen LogP contribution is -2.09. The molecule has 1 aromatic carbocycles. The van der Waals surface area contributed by atoms with Crippen molar-refractivity contribution in [2.45, 2.75) is 13.3 Å². The maximum atomic E-state index is 8.86. The topological polar surface area (TPSA) is 68.8 Å². The number of ether oxygens (including phenoxy) is 1. The fourth-order valence-electron chi connectivity index (χ4n) is 1.36. The molecule has 0 spiro atoms. The van der Waals surface area contributed by atoms with Gasteiger partial charge in [0.15, 0.2) is 0 Å². The van der Waals surface area contributed by atoms with E-state index in [4.69, 9.17) is 15.3 Å². The number of benzene rings is 1. The molecule has 4 nitrogen and oxygen atoms in total. The molecule has 0 unspecified atom stereocenters. The molecule has 88 valence electrons. The summed E-state index contributed by atoms with van der Waals surface area (Å²) in [6, 6.07) is 9.10. The van der Waals surface area contributed by atoms with Gasteiger partial charge in [-0.1, -0.05) is 6.92 Å². The van der Waals surface area contributed by atoms with Crippen molar-refractivity contribution in [3.8, 4) is 12.1 Å². The van der Waals surface area contributed by atoms with Crippen LogP contribution in [0.2, 0.25) is 0 Å². The minimum atomic E-state index is 0.395. The normalized spacial score (nSPS) is 9.35. The molecule has 0 aliphatic heterocycles. The molecule has 0 bridgehead atoms. The number of hydrogen-bond acceptors (Lipinski definition) is 4. The molecule has 0 saturated heterocycles. The Labute approximate surface area is 101 Å². The number of nitriles is 2. The number of nitrogens with zero attached hydrogens (tertiary/aromatic N) is 2. The van der Waals surface area contributed by atoms with E-state index in [0.29, 0.717) is 24.3 Å². The van der Waals surface area contributed by atoms with Gasteiger partial charge in [0, 0.05) is 18.8 Å². The van der Waals surface area contributed by atoms with Gasteiger partial charge in [-0.3, -0.25) is 0 Å². The fraction of sp³-hybridized carbons (Fsp3) is 0.385. The maximum absolute atomic E-state index is 8.86. The van der Waals surface area contributed by atoms with Crippen LogP contribution in [0.25, 0.3) is 0 Å². The quantitative estimate of drug-likeness (QED) is 0.760. The second kappa shape index (κ2) is 7.27. The monoisotopic (exact) mass is 229 g/mol. The van der Waals surface area contributed by atoms with Crippen LogP contribution in [0.1, 0.15) is 24.5 Å². The van der Waals surface area contributed by atoms with E-state index in [0.717, 1.165) is 18.7 Å². The smallest absolute Gasteiger partial charge is 0.101 e. The summed E-state index contributed by atoms with van der Waals surface area (Å²) in [7, 11) is 0. The molecule has 0 fully saturated rings. The molecule has 17 heavy (non-hydrogen) atoms. The molecule has 0 aliphatic rings. The standard InChI is InChI=1S/C13H15N3O/c1-2-6-17-7-5-16-13-4-3-11(9-14)12(8-13)10-15/h3-4,8,16H,2,5-7H2,1H3. The van der Waals surface area contributed by atoms with Gasteiger partial charge in [0.2, 0.25) is 0 Å². The van der Waals surface area contributed by atoms with Crippen LogP contribution in [0.5, 0.6) is 0 Å². The number of nitrogens with one attached hydrogen (secondary N) is 1. The molecule has 0 atom stereocenters. The van der Waals surface area contributed by atoms with E-state index in [2.05, 4.69) is 12.2 Å². The highest BCUT2D eigenvalue weighted by molar-refractivity contribution is 5.56. The Morgan fingerprint density at radius 1 is 1.18 bits per heavy atom. The van der Waals surface area contributed by atoms with Crippen molar-refractivity contribution < 1.29 is 4.74 Å². The van der Waals surface area contributed by atoms with Gasteiger partial charge in [0.05, 0.1) is 17.7 Å². The molecule has 0 heterocycles. The van der Waals surface area contributed by atoms with E-state index in [-0.39, 0.29) is 0 Å². The first-order valence-corrected chi connectivity index (χ1v) is 5.57. The highest BCUT2D eigenvalue weighted by Gasteiger charge is 2.02. The van der Waals surface area contributed by atoms with E-state index in [1.165, 1.54) is 0 Å². The van der Waals surface area contributed by atoms with Crippen LogP contribution in [0.3, 0.4) is 0 Å². The van der Waals surface area contributed by atoms with Crippen LogP contribution in [0.15, 0.2) is 18.2 Å². The molecule has 0 radical (unpaired) electrons. The first-order valence-electron chi connectivity index (χ1n) is 5.57. The van der Waals surface area contributed by atoms with Crippen LogP contribution < -0.4 is 5.32 Å². The minimum Gasteiger partial charge on any atom is -0.383 e. The van der Waals surface area contributed by atoms with Gasteiger partial charge in [0.25, 0.3) is 0 Å². The third kappa shape index (κ3) is 4.14. The van der Waals surface area contributed by atoms with E-state index in [1.807, 2.05) is 12.1 Å². The molecule has 1 rings (SSSR count). The Morgan fingerprint density at radius 3 is 2.59 bits per heavy atom. The zero-order chi connectivity index (χ0) is 12.5. The van der Waals surface area contributed by atoms with Gasteiger partial charge in [-0.05, 0) is 24.6 Å². The average Bonchev–Trinajstić information content (AvgIpc) is 2.38. The predicted molar refractivity (Wildman–Crippen MR) is 65.5 cm³/mol. The lowest BCUT2D eigenvalue weighted by Gasteiger charge is -2.07. The molecule has 1 aromatic rings. The van der Waals surface area contributed by atoms with E-state index >= 15 is 0 Å². The Morgan fingerprint density at radius 2 is 1.94 bits per heavy atom. The highest BCUT2D eigenvalue weighted by Crippen LogP contribution is 2.14. The van der Waals surface area contributed by atoms with Gasteiger partial charge < -0.3 is 10.1 Å². The predicted octanol–water partition coefficient (Wildman–Crippen LogP) is 2.27. The molecule has 4 heteroatoms.